The molecule has 0 fully saturated rings. The first kappa shape index (κ1) is 18.9. The lowest BCUT2D eigenvalue weighted by Gasteiger charge is -2.27. The van der Waals surface area contributed by atoms with Gasteiger partial charge in [-0.1, -0.05) is 42.0 Å². The fourth-order valence-corrected chi connectivity index (χ4v) is 3.38. The number of amides is 1. The first-order valence-electron chi connectivity index (χ1n) is 9.17. The van der Waals surface area contributed by atoms with Crippen LogP contribution in [0.2, 0.25) is 0 Å². The van der Waals surface area contributed by atoms with E-state index in [0.29, 0.717) is 0 Å². The van der Waals surface area contributed by atoms with Gasteiger partial charge in [0.2, 0.25) is 5.91 Å². The predicted octanol–water partition coefficient (Wildman–Crippen LogP) is 4.12. The summed E-state index contributed by atoms with van der Waals surface area (Å²) in [6.45, 7) is 9.76. The highest BCUT2D eigenvalue weighted by Crippen LogP contribution is 2.25. The zero-order valence-electron chi connectivity index (χ0n) is 16.5. The predicted molar refractivity (Wildman–Crippen MR) is 110 cm³/mol. The molecule has 0 saturated carbocycles. The Kier molecular flexibility index (Phi) is 4.92. The van der Waals surface area contributed by atoms with E-state index < -0.39 is 11.6 Å². The first-order chi connectivity index (χ1) is 12.7. The molecular weight excluding hydrogens is 336 g/mol. The third-order valence-electron chi connectivity index (χ3n) is 4.53. The Balaban J connectivity index is 2.30. The normalized spacial score (nSPS) is 12.8. The van der Waals surface area contributed by atoms with Crippen molar-refractivity contribution in [1.82, 2.24) is 9.88 Å². The zero-order valence-corrected chi connectivity index (χ0v) is 16.5. The molecule has 0 saturated heterocycles. The minimum Gasteiger partial charge on any atom is -0.349 e. The van der Waals surface area contributed by atoms with Gasteiger partial charge >= 0.3 is 0 Å². The van der Waals surface area contributed by atoms with Crippen molar-refractivity contribution in [3.8, 4) is 0 Å². The molecule has 4 nitrogen and oxygen atoms in total. The van der Waals surface area contributed by atoms with Gasteiger partial charge in [0.1, 0.15) is 6.04 Å². The molecule has 3 rings (SSSR count). The van der Waals surface area contributed by atoms with Gasteiger partial charge in [-0.15, -0.1) is 0 Å². The number of hydrogen-bond donors (Lipinski definition) is 1. The quantitative estimate of drug-likeness (QED) is 0.762. The highest BCUT2D eigenvalue weighted by molar-refractivity contribution is 5.89. The van der Waals surface area contributed by atoms with Gasteiger partial charge in [0.05, 0.1) is 5.52 Å². The number of fused-ring (bicyclic) bond motifs is 1. The fourth-order valence-electron chi connectivity index (χ4n) is 3.38. The van der Waals surface area contributed by atoms with Crippen molar-refractivity contribution in [2.24, 2.45) is 0 Å². The van der Waals surface area contributed by atoms with Gasteiger partial charge in [-0.2, -0.15) is 0 Å². The lowest BCUT2D eigenvalue weighted by Crippen LogP contribution is -2.46. The van der Waals surface area contributed by atoms with Gasteiger partial charge in [-0.3, -0.25) is 14.2 Å². The van der Waals surface area contributed by atoms with Crippen LogP contribution in [-0.4, -0.2) is 16.0 Å². The molecule has 1 atom stereocenters. The summed E-state index contributed by atoms with van der Waals surface area (Å²) in [6, 6.07) is 16.3. The van der Waals surface area contributed by atoms with Gasteiger partial charge in [0, 0.05) is 17.0 Å². The van der Waals surface area contributed by atoms with E-state index in [4.69, 9.17) is 0 Å². The third kappa shape index (κ3) is 3.95. The molecule has 0 bridgehead atoms. The second-order valence-electron chi connectivity index (χ2n) is 8.11. The standard InChI is InChI=1S/C23H26N2O2/c1-15-11-12-19-18(13-15)16(2)14-20(26)25(19)21(17-9-7-6-8-10-17)22(27)24-23(3,4)5/h6-14,21H,1-5H3,(H,24,27). The molecule has 140 valence electrons. The van der Waals surface area contributed by atoms with Crippen LogP contribution in [0.25, 0.3) is 10.9 Å². The number of nitrogens with zero attached hydrogens (tertiary/aromatic N) is 1. The maximum atomic E-state index is 13.2. The second kappa shape index (κ2) is 7.03. The Labute approximate surface area is 159 Å². The highest BCUT2D eigenvalue weighted by atomic mass is 16.2. The number of nitrogens with one attached hydrogen (secondary N) is 1. The van der Waals surface area contributed by atoms with Crippen LogP contribution in [0.3, 0.4) is 0 Å². The molecule has 1 heterocycles. The smallest absolute Gasteiger partial charge is 0.252 e. The summed E-state index contributed by atoms with van der Waals surface area (Å²) in [7, 11) is 0. The van der Waals surface area contributed by atoms with Crippen molar-refractivity contribution in [1.29, 1.82) is 0 Å². The number of rotatable bonds is 3. The van der Waals surface area contributed by atoms with E-state index in [1.165, 1.54) is 0 Å². The van der Waals surface area contributed by atoms with Crippen LogP contribution in [0, 0.1) is 13.8 Å². The van der Waals surface area contributed by atoms with Crippen molar-refractivity contribution >= 4 is 16.8 Å². The van der Waals surface area contributed by atoms with Crippen LogP contribution in [0.4, 0.5) is 0 Å². The Morgan fingerprint density at radius 3 is 2.30 bits per heavy atom. The first-order valence-corrected chi connectivity index (χ1v) is 9.17. The molecule has 0 aliphatic heterocycles. The summed E-state index contributed by atoms with van der Waals surface area (Å²) in [5.74, 6) is -0.193. The van der Waals surface area contributed by atoms with Crippen molar-refractivity contribution < 1.29 is 4.79 Å². The third-order valence-corrected chi connectivity index (χ3v) is 4.53. The Morgan fingerprint density at radius 1 is 1.00 bits per heavy atom. The van der Waals surface area contributed by atoms with Gasteiger partial charge in [0.25, 0.3) is 5.56 Å². The van der Waals surface area contributed by atoms with Crippen LogP contribution in [-0.2, 0) is 4.79 Å². The highest BCUT2D eigenvalue weighted by Gasteiger charge is 2.28. The molecule has 0 spiro atoms. The maximum Gasteiger partial charge on any atom is 0.252 e. The molecule has 1 unspecified atom stereocenters. The zero-order chi connectivity index (χ0) is 19.8. The lowest BCUT2D eigenvalue weighted by atomic mass is 10.0. The van der Waals surface area contributed by atoms with E-state index in [-0.39, 0.29) is 11.5 Å². The molecule has 4 heteroatoms. The summed E-state index contributed by atoms with van der Waals surface area (Å²) < 4.78 is 1.61. The SMILES string of the molecule is Cc1ccc2c(c1)c(C)cc(=O)n2C(C(=O)NC(C)(C)C)c1ccccc1. The van der Waals surface area contributed by atoms with Crippen molar-refractivity contribution in [3.63, 3.8) is 0 Å². The number of carbonyl (C=O) groups excluding carboxylic acids is 1. The molecule has 3 aromatic rings. The monoisotopic (exact) mass is 362 g/mol. The van der Waals surface area contributed by atoms with Crippen LogP contribution in [0.5, 0.6) is 0 Å². The van der Waals surface area contributed by atoms with E-state index in [1.807, 2.05) is 77.1 Å². The van der Waals surface area contributed by atoms with Gasteiger partial charge < -0.3 is 5.32 Å². The summed E-state index contributed by atoms with van der Waals surface area (Å²) in [5, 5.41) is 4.02. The topological polar surface area (TPSA) is 51.1 Å². The van der Waals surface area contributed by atoms with E-state index in [0.717, 1.165) is 27.6 Å². The Hall–Kier alpha value is -2.88. The maximum absolute atomic E-state index is 13.2. The molecule has 1 aromatic heterocycles. The number of hydrogen-bond acceptors (Lipinski definition) is 2. The van der Waals surface area contributed by atoms with Crippen molar-refractivity contribution in [2.45, 2.75) is 46.2 Å². The molecule has 2 aromatic carbocycles. The summed E-state index contributed by atoms with van der Waals surface area (Å²) in [4.78, 5) is 26.2. The lowest BCUT2D eigenvalue weighted by molar-refractivity contribution is -0.124. The number of aryl methyl sites for hydroxylation is 2. The number of benzene rings is 2. The van der Waals surface area contributed by atoms with Gasteiger partial charge in [-0.05, 0) is 57.9 Å². The minimum absolute atomic E-state index is 0.179. The van der Waals surface area contributed by atoms with Gasteiger partial charge in [0.15, 0.2) is 0 Å². The number of carbonyl (C=O) groups is 1. The Bertz CT molecular complexity index is 1040. The van der Waals surface area contributed by atoms with E-state index in [1.54, 1.807) is 10.6 Å². The molecule has 1 N–H and O–H groups in total. The van der Waals surface area contributed by atoms with Crippen LogP contribution < -0.4 is 10.9 Å². The van der Waals surface area contributed by atoms with Gasteiger partial charge in [-0.25, -0.2) is 0 Å². The minimum atomic E-state index is -0.733. The summed E-state index contributed by atoms with van der Waals surface area (Å²) >= 11 is 0. The fraction of sp³-hybridized carbons (Fsp3) is 0.304. The van der Waals surface area contributed by atoms with E-state index >= 15 is 0 Å². The van der Waals surface area contributed by atoms with Crippen LogP contribution >= 0.6 is 0 Å². The largest absolute Gasteiger partial charge is 0.349 e. The average Bonchev–Trinajstić information content (AvgIpc) is 2.58. The van der Waals surface area contributed by atoms with Crippen LogP contribution in [0.15, 0.2) is 59.4 Å². The summed E-state index contributed by atoms with van der Waals surface area (Å²) in [6.07, 6.45) is 0. The molecule has 0 aliphatic rings. The molecular formula is C23H26N2O2. The molecule has 0 radical (unpaired) electrons. The Morgan fingerprint density at radius 2 is 1.67 bits per heavy atom. The average molecular weight is 362 g/mol. The van der Waals surface area contributed by atoms with Crippen LogP contribution in [0.1, 0.15) is 43.5 Å². The molecule has 0 aliphatic carbocycles. The second-order valence-corrected chi connectivity index (χ2v) is 8.11. The molecule has 27 heavy (non-hydrogen) atoms. The van der Waals surface area contributed by atoms with E-state index in [2.05, 4.69) is 11.4 Å². The molecule has 1 amide bonds. The number of aromatic nitrogens is 1. The van der Waals surface area contributed by atoms with Crippen molar-refractivity contribution in [2.75, 3.05) is 0 Å². The van der Waals surface area contributed by atoms with E-state index in [9.17, 15) is 9.59 Å². The summed E-state index contributed by atoms with van der Waals surface area (Å²) in [5.41, 5.74) is 3.01. The van der Waals surface area contributed by atoms with Crippen molar-refractivity contribution in [3.05, 3.63) is 81.6 Å². The number of pyridine rings is 1.